The maximum Gasteiger partial charge on any atom is 0.416 e. The molecule has 5 heteroatoms. The smallest absolute Gasteiger partial charge is 0.416 e. The lowest BCUT2D eigenvalue weighted by atomic mass is 10.0. The molecule has 166 valence electrons. The van der Waals surface area contributed by atoms with Gasteiger partial charge in [0.15, 0.2) is 0 Å². The number of hydrogen-bond donors (Lipinski definition) is 1. The minimum Gasteiger partial charge on any atom is -0.464 e. The van der Waals surface area contributed by atoms with Crippen LogP contribution in [0.15, 0.2) is 79.0 Å². The number of benzene rings is 3. The third-order valence-electron chi connectivity index (χ3n) is 6.40. The van der Waals surface area contributed by atoms with E-state index in [9.17, 15) is 9.90 Å². The van der Waals surface area contributed by atoms with Crippen LogP contribution in [0, 0.1) is 0 Å². The summed E-state index contributed by atoms with van der Waals surface area (Å²) in [5.74, 6) is 0.403. The van der Waals surface area contributed by atoms with Gasteiger partial charge in [-0.2, -0.15) is 0 Å². The number of carboxylic acid groups (broad SMARTS) is 1. The summed E-state index contributed by atoms with van der Waals surface area (Å²) >= 11 is 0. The van der Waals surface area contributed by atoms with E-state index in [0.717, 1.165) is 36.1 Å². The number of nitrogens with zero attached hydrogens (tertiary/aromatic N) is 3. The summed E-state index contributed by atoms with van der Waals surface area (Å²) in [6.45, 7) is 5.94. The van der Waals surface area contributed by atoms with Gasteiger partial charge >= 0.3 is 6.09 Å². The molecular weight excluding hydrogens is 410 g/mol. The minimum absolute atomic E-state index is 0.403. The van der Waals surface area contributed by atoms with Gasteiger partial charge in [-0.05, 0) is 65.4 Å². The average molecular weight is 438 g/mol. The van der Waals surface area contributed by atoms with Crippen molar-refractivity contribution in [2.24, 2.45) is 0 Å². The highest BCUT2D eigenvalue weighted by molar-refractivity contribution is 5.95. The van der Waals surface area contributed by atoms with E-state index in [0.29, 0.717) is 17.3 Å². The Bertz CT molecular complexity index is 1310. The Morgan fingerprint density at radius 1 is 1.03 bits per heavy atom. The van der Waals surface area contributed by atoms with Crippen molar-refractivity contribution >= 4 is 34.1 Å². The normalized spacial score (nSPS) is 12.9. The first-order chi connectivity index (χ1) is 16.0. The summed E-state index contributed by atoms with van der Waals surface area (Å²) in [5.41, 5.74) is 7.08. The first-order valence-corrected chi connectivity index (χ1v) is 11.3. The number of pyridine rings is 1. The summed E-state index contributed by atoms with van der Waals surface area (Å²) in [5, 5.41) is 11.1. The zero-order chi connectivity index (χ0) is 22.9. The van der Waals surface area contributed by atoms with E-state index in [4.69, 9.17) is 0 Å². The molecule has 5 nitrogen and oxygen atoms in total. The SMILES string of the molecule is CC(C)c1ccc(N(C(=O)O)c2ccc3c(c2)CCN3Cc2cccc3cccnc23)cc1. The lowest BCUT2D eigenvalue weighted by Gasteiger charge is -2.23. The van der Waals surface area contributed by atoms with E-state index in [1.807, 2.05) is 48.7 Å². The molecule has 1 aromatic heterocycles. The fraction of sp³-hybridized carbons (Fsp3) is 0.214. The summed E-state index contributed by atoms with van der Waals surface area (Å²) in [7, 11) is 0. The van der Waals surface area contributed by atoms with Crippen molar-refractivity contribution < 1.29 is 9.90 Å². The van der Waals surface area contributed by atoms with Gasteiger partial charge in [-0.15, -0.1) is 0 Å². The molecule has 0 unspecified atom stereocenters. The topological polar surface area (TPSA) is 56.7 Å². The summed E-state index contributed by atoms with van der Waals surface area (Å²) in [6, 6.07) is 24.1. The minimum atomic E-state index is -0.982. The monoisotopic (exact) mass is 437 g/mol. The second-order valence-corrected chi connectivity index (χ2v) is 8.84. The molecule has 0 radical (unpaired) electrons. The van der Waals surface area contributed by atoms with Crippen LogP contribution < -0.4 is 9.80 Å². The van der Waals surface area contributed by atoms with Gasteiger partial charge in [-0.3, -0.25) is 4.98 Å². The largest absolute Gasteiger partial charge is 0.464 e. The molecule has 0 saturated heterocycles. The molecule has 0 saturated carbocycles. The number of para-hydroxylation sites is 1. The molecule has 0 fully saturated rings. The number of hydrogen-bond acceptors (Lipinski definition) is 3. The Morgan fingerprint density at radius 3 is 2.55 bits per heavy atom. The molecule has 5 rings (SSSR count). The van der Waals surface area contributed by atoms with Crippen LogP contribution in [0.5, 0.6) is 0 Å². The van der Waals surface area contributed by atoms with Gasteiger partial charge in [0.2, 0.25) is 0 Å². The fourth-order valence-corrected chi connectivity index (χ4v) is 4.64. The maximum atomic E-state index is 12.2. The fourth-order valence-electron chi connectivity index (χ4n) is 4.64. The molecule has 0 bridgehead atoms. The molecule has 1 amide bonds. The van der Waals surface area contributed by atoms with Gasteiger partial charge in [0.05, 0.1) is 16.9 Å². The first kappa shape index (κ1) is 21.0. The molecule has 0 aliphatic carbocycles. The lowest BCUT2D eigenvalue weighted by Crippen LogP contribution is -2.24. The quantitative estimate of drug-likeness (QED) is 0.376. The molecule has 4 aromatic rings. The van der Waals surface area contributed by atoms with Crippen molar-refractivity contribution in [2.45, 2.75) is 32.7 Å². The van der Waals surface area contributed by atoms with E-state index >= 15 is 0 Å². The molecule has 1 aliphatic rings. The van der Waals surface area contributed by atoms with Crippen LogP contribution in [0.25, 0.3) is 10.9 Å². The Labute approximate surface area is 193 Å². The van der Waals surface area contributed by atoms with Crippen molar-refractivity contribution in [3.8, 4) is 0 Å². The number of fused-ring (bicyclic) bond motifs is 2. The predicted octanol–water partition coefficient (Wildman–Crippen LogP) is 6.74. The average Bonchev–Trinajstić information content (AvgIpc) is 3.21. The van der Waals surface area contributed by atoms with E-state index in [1.165, 1.54) is 21.6 Å². The van der Waals surface area contributed by atoms with Crippen LogP contribution in [0.1, 0.15) is 36.5 Å². The second kappa shape index (κ2) is 8.58. The highest BCUT2D eigenvalue weighted by atomic mass is 16.4. The number of aromatic nitrogens is 1. The summed E-state index contributed by atoms with van der Waals surface area (Å²) < 4.78 is 0. The van der Waals surface area contributed by atoms with Gasteiger partial charge in [-0.1, -0.05) is 50.2 Å². The third-order valence-corrected chi connectivity index (χ3v) is 6.40. The van der Waals surface area contributed by atoms with E-state index in [1.54, 1.807) is 0 Å². The van der Waals surface area contributed by atoms with Gasteiger partial charge in [0.1, 0.15) is 0 Å². The zero-order valence-electron chi connectivity index (χ0n) is 18.9. The van der Waals surface area contributed by atoms with Crippen LogP contribution in [-0.4, -0.2) is 22.7 Å². The first-order valence-electron chi connectivity index (χ1n) is 11.3. The van der Waals surface area contributed by atoms with Gasteiger partial charge < -0.3 is 10.0 Å². The zero-order valence-corrected chi connectivity index (χ0v) is 18.9. The number of amides is 1. The molecule has 33 heavy (non-hydrogen) atoms. The van der Waals surface area contributed by atoms with Gasteiger partial charge in [0.25, 0.3) is 0 Å². The molecule has 1 aliphatic heterocycles. The number of carbonyl (C=O) groups is 1. The lowest BCUT2D eigenvalue weighted by molar-refractivity contribution is 0.205. The highest BCUT2D eigenvalue weighted by Gasteiger charge is 2.24. The van der Waals surface area contributed by atoms with Crippen molar-refractivity contribution in [3.05, 3.63) is 95.7 Å². The standard InChI is InChI=1S/C28H27N3O2/c1-19(2)20-8-10-24(11-9-20)31(28(32)33)25-12-13-26-22(17-25)14-16-30(26)18-23-6-3-5-21-7-4-15-29-27(21)23/h3-13,15,17,19H,14,16,18H2,1-2H3,(H,32,33). The van der Waals surface area contributed by atoms with Crippen LogP contribution in [0.2, 0.25) is 0 Å². The molecule has 0 atom stereocenters. The van der Waals surface area contributed by atoms with Crippen molar-refractivity contribution in [2.75, 3.05) is 16.3 Å². The number of rotatable bonds is 5. The van der Waals surface area contributed by atoms with Gasteiger partial charge in [-0.25, -0.2) is 9.69 Å². The Hall–Kier alpha value is -3.86. The summed E-state index contributed by atoms with van der Waals surface area (Å²) in [4.78, 5) is 20.5. The van der Waals surface area contributed by atoms with Crippen molar-refractivity contribution in [3.63, 3.8) is 0 Å². The van der Waals surface area contributed by atoms with E-state index in [-0.39, 0.29) is 0 Å². The Morgan fingerprint density at radius 2 is 1.79 bits per heavy atom. The molecule has 2 heterocycles. The second-order valence-electron chi connectivity index (χ2n) is 8.84. The molecule has 1 N–H and O–H groups in total. The van der Waals surface area contributed by atoms with Crippen LogP contribution >= 0.6 is 0 Å². The van der Waals surface area contributed by atoms with E-state index in [2.05, 4.69) is 54.1 Å². The van der Waals surface area contributed by atoms with Gasteiger partial charge in [0, 0.05) is 30.4 Å². The molecule has 3 aromatic carbocycles. The van der Waals surface area contributed by atoms with Crippen LogP contribution in [-0.2, 0) is 13.0 Å². The maximum absolute atomic E-state index is 12.2. The van der Waals surface area contributed by atoms with Crippen molar-refractivity contribution in [1.29, 1.82) is 0 Å². The Kier molecular flexibility index (Phi) is 5.47. The highest BCUT2D eigenvalue weighted by Crippen LogP contribution is 2.36. The summed E-state index contributed by atoms with van der Waals surface area (Å²) in [6.07, 6.45) is 1.75. The Balaban J connectivity index is 1.43. The van der Waals surface area contributed by atoms with Crippen molar-refractivity contribution in [1.82, 2.24) is 4.98 Å². The van der Waals surface area contributed by atoms with E-state index < -0.39 is 6.09 Å². The number of anilines is 3. The van der Waals surface area contributed by atoms with Crippen LogP contribution in [0.3, 0.4) is 0 Å². The molecule has 0 spiro atoms. The van der Waals surface area contributed by atoms with Crippen LogP contribution in [0.4, 0.5) is 21.9 Å². The molecular formula is C28H27N3O2. The predicted molar refractivity (Wildman–Crippen MR) is 134 cm³/mol. The third kappa shape index (κ3) is 4.02.